The molecule has 0 unspecified atom stereocenters. The Morgan fingerprint density at radius 3 is 2.34 bits per heavy atom. The van der Waals surface area contributed by atoms with Crippen molar-refractivity contribution in [2.24, 2.45) is 0 Å². The van der Waals surface area contributed by atoms with E-state index in [9.17, 15) is 21.6 Å². The number of aryl methyl sites for hydroxylation is 1. The number of ether oxygens (including phenoxy) is 2. The van der Waals surface area contributed by atoms with Gasteiger partial charge in [-0.2, -0.15) is 4.31 Å². The van der Waals surface area contributed by atoms with Crippen LogP contribution in [0, 0.1) is 6.92 Å². The van der Waals surface area contributed by atoms with Gasteiger partial charge in [-0.1, -0.05) is 12.1 Å². The van der Waals surface area contributed by atoms with Crippen molar-refractivity contribution in [3.63, 3.8) is 0 Å². The zero-order chi connectivity index (χ0) is 27.3. The van der Waals surface area contributed by atoms with Crippen LogP contribution in [0.4, 0.5) is 11.4 Å². The number of rotatable bonds is 9. The van der Waals surface area contributed by atoms with E-state index in [0.717, 1.165) is 0 Å². The van der Waals surface area contributed by atoms with E-state index in [1.807, 2.05) is 6.92 Å². The van der Waals surface area contributed by atoms with Gasteiger partial charge in [-0.05, 0) is 74.0 Å². The Morgan fingerprint density at radius 1 is 0.947 bits per heavy atom. The first kappa shape index (κ1) is 27.6. The average Bonchev–Trinajstić information content (AvgIpc) is 2.91. The van der Waals surface area contributed by atoms with Gasteiger partial charge in [-0.25, -0.2) is 16.8 Å². The molecule has 2 N–H and O–H groups in total. The molecule has 3 aromatic carbocycles. The summed E-state index contributed by atoms with van der Waals surface area (Å²) in [5.41, 5.74) is 1.41. The molecule has 0 aliphatic carbocycles. The summed E-state index contributed by atoms with van der Waals surface area (Å²) in [6.45, 7) is 5.23. The molecule has 1 amide bonds. The van der Waals surface area contributed by atoms with Crippen LogP contribution in [-0.2, 0) is 24.8 Å². The molecule has 0 bridgehead atoms. The van der Waals surface area contributed by atoms with E-state index in [0.29, 0.717) is 42.5 Å². The minimum atomic E-state index is -3.98. The van der Waals surface area contributed by atoms with E-state index in [1.165, 1.54) is 40.7 Å². The van der Waals surface area contributed by atoms with E-state index in [2.05, 4.69) is 10.0 Å². The third kappa shape index (κ3) is 6.33. The maximum absolute atomic E-state index is 13.0. The van der Waals surface area contributed by atoms with Crippen LogP contribution in [0.1, 0.15) is 22.8 Å². The molecule has 0 aromatic heterocycles. The Labute approximate surface area is 222 Å². The minimum Gasteiger partial charge on any atom is -0.494 e. The molecule has 1 fully saturated rings. The molecule has 4 rings (SSSR count). The third-order valence-electron chi connectivity index (χ3n) is 5.89. The van der Waals surface area contributed by atoms with Crippen LogP contribution in [0.15, 0.2) is 76.5 Å². The zero-order valence-electron chi connectivity index (χ0n) is 21.0. The van der Waals surface area contributed by atoms with Crippen LogP contribution in [0.3, 0.4) is 0 Å². The van der Waals surface area contributed by atoms with Crippen molar-refractivity contribution in [3.05, 3.63) is 77.9 Å². The summed E-state index contributed by atoms with van der Waals surface area (Å²) in [6, 6.07) is 16.6. The van der Waals surface area contributed by atoms with E-state index in [4.69, 9.17) is 9.47 Å². The fraction of sp³-hybridized carbons (Fsp3) is 0.269. The number of carbonyl (C=O) groups excluding carboxylic acids is 1. The SMILES string of the molecule is CCOc1ccc(NS(=O)(=O)c2cccc(C(=O)Nc3cc(S(=O)(=O)N4CCOCC4)ccc3C)c2)cc1. The monoisotopic (exact) mass is 559 g/mol. The first-order valence-electron chi connectivity index (χ1n) is 12.0. The Hall–Kier alpha value is -3.45. The summed E-state index contributed by atoms with van der Waals surface area (Å²) >= 11 is 0. The van der Waals surface area contributed by atoms with Gasteiger partial charge < -0.3 is 14.8 Å². The Bertz CT molecular complexity index is 1520. The predicted octanol–water partition coefficient (Wildman–Crippen LogP) is 3.47. The smallest absolute Gasteiger partial charge is 0.261 e. The Balaban J connectivity index is 1.52. The minimum absolute atomic E-state index is 0.0520. The van der Waals surface area contributed by atoms with Crippen molar-refractivity contribution in [2.75, 3.05) is 42.9 Å². The highest BCUT2D eigenvalue weighted by molar-refractivity contribution is 7.92. The van der Waals surface area contributed by atoms with Gasteiger partial charge in [0.1, 0.15) is 5.75 Å². The van der Waals surface area contributed by atoms with Gasteiger partial charge in [0.15, 0.2) is 0 Å². The van der Waals surface area contributed by atoms with E-state index in [1.54, 1.807) is 37.3 Å². The summed E-state index contributed by atoms with van der Waals surface area (Å²) in [4.78, 5) is 13.0. The van der Waals surface area contributed by atoms with Crippen LogP contribution in [0.2, 0.25) is 0 Å². The van der Waals surface area contributed by atoms with Crippen LogP contribution in [-0.4, -0.2) is 60.0 Å². The van der Waals surface area contributed by atoms with Crippen LogP contribution >= 0.6 is 0 Å². The molecule has 0 saturated carbocycles. The first-order valence-corrected chi connectivity index (χ1v) is 14.9. The molecule has 0 atom stereocenters. The standard InChI is InChI=1S/C26H29N3O7S2/c1-3-36-22-10-8-21(9-11-22)28-37(31,32)23-6-4-5-20(17-23)26(30)27-25-18-24(12-7-19(25)2)38(33,34)29-13-15-35-16-14-29/h4-12,17-18,28H,3,13-16H2,1-2H3,(H,27,30). The molecule has 10 nitrogen and oxygen atoms in total. The van der Waals surface area contributed by atoms with Crippen molar-refractivity contribution < 1.29 is 31.1 Å². The van der Waals surface area contributed by atoms with E-state index in [-0.39, 0.29) is 28.4 Å². The highest BCUT2D eigenvalue weighted by Gasteiger charge is 2.27. The number of benzene rings is 3. The fourth-order valence-electron chi connectivity index (χ4n) is 3.83. The number of nitrogens with one attached hydrogen (secondary N) is 2. The fourth-order valence-corrected chi connectivity index (χ4v) is 6.37. The second kappa shape index (κ2) is 11.5. The highest BCUT2D eigenvalue weighted by atomic mass is 32.2. The largest absolute Gasteiger partial charge is 0.494 e. The topological polar surface area (TPSA) is 131 Å². The molecule has 1 saturated heterocycles. The molecule has 0 radical (unpaired) electrons. The molecule has 0 spiro atoms. The summed E-state index contributed by atoms with van der Waals surface area (Å²) in [5, 5.41) is 2.71. The predicted molar refractivity (Wildman–Crippen MR) is 144 cm³/mol. The number of hydrogen-bond donors (Lipinski definition) is 2. The molecular formula is C26H29N3O7S2. The van der Waals surface area contributed by atoms with Gasteiger partial charge in [0.2, 0.25) is 10.0 Å². The summed E-state index contributed by atoms with van der Waals surface area (Å²) < 4.78 is 66.4. The van der Waals surface area contributed by atoms with Crippen molar-refractivity contribution >= 4 is 37.3 Å². The Morgan fingerprint density at radius 2 is 1.66 bits per heavy atom. The number of carbonyl (C=O) groups is 1. The molecule has 1 heterocycles. The number of hydrogen-bond acceptors (Lipinski definition) is 7. The zero-order valence-corrected chi connectivity index (χ0v) is 22.6. The van der Waals surface area contributed by atoms with Gasteiger partial charge in [-0.3, -0.25) is 9.52 Å². The lowest BCUT2D eigenvalue weighted by atomic mass is 10.1. The lowest BCUT2D eigenvalue weighted by Crippen LogP contribution is -2.40. The van der Waals surface area contributed by atoms with Crippen LogP contribution in [0.25, 0.3) is 0 Å². The summed E-state index contributed by atoms with van der Waals surface area (Å²) in [7, 11) is -7.74. The quantitative estimate of drug-likeness (QED) is 0.410. The maximum Gasteiger partial charge on any atom is 0.261 e. The summed E-state index contributed by atoms with van der Waals surface area (Å²) in [6.07, 6.45) is 0. The normalized spacial score (nSPS) is 14.6. The molecule has 12 heteroatoms. The van der Waals surface area contributed by atoms with E-state index >= 15 is 0 Å². The molecular weight excluding hydrogens is 530 g/mol. The van der Waals surface area contributed by atoms with Crippen molar-refractivity contribution in [3.8, 4) is 5.75 Å². The third-order valence-corrected chi connectivity index (χ3v) is 9.16. The van der Waals surface area contributed by atoms with Gasteiger partial charge in [0, 0.05) is 30.0 Å². The highest BCUT2D eigenvalue weighted by Crippen LogP contribution is 2.25. The number of amides is 1. The number of sulfonamides is 2. The van der Waals surface area contributed by atoms with E-state index < -0.39 is 26.0 Å². The summed E-state index contributed by atoms with van der Waals surface area (Å²) in [5.74, 6) is 0.0402. The molecule has 3 aromatic rings. The Kier molecular flexibility index (Phi) is 8.36. The van der Waals surface area contributed by atoms with Gasteiger partial charge >= 0.3 is 0 Å². The average molecular weight is 560 g/mol. The number of anilines is 2. The lowest BCUT2D eigenvalue weighted by molar-refractivity contribution is 0.0730. The second-order valence-corrected chi connectivity index (χ2v) is 12.2. The van der Waals surface area contributed by atoms with Gasteiger partial charge in [0.05, 0.1) is 29.6 Å². The number of nitrogens with zero attached hydrogens (tertiary/aromatic N) is 1. The first-order chi connectivity index (χ1) is 18.1. The van der Waals surface area contributed by atoms with Crippen LogP contribution in [0.5, 0.6) is 5.75 Å². The molecule has 1 aliphatic rings. The molecule has 202 valence electrons. The molecule has 38 heavy (non-hydrogen) atoms. The number of morpholine rings is 1. The van der Waals surface area contributed by atoms with Crippen molar-refractivity contribution in [1.29, 1.82) is 0 Å². The lowest BCUT2D eigenvalue weighted by Gasteiger charge is -2.26. The second-order valence-electron chi connectivity index (χ2n) is 8.54. The van der Waals surface area contributed by atoms with Crippen molar-refractivity contribution in [1.82, 2.24) is 4.31 Å². The van der Waals surface area contributed by atoms with Crippen LogP contribution < -0.4 is 14.8 Å². The van der Waals surface area contributed by atoms with Gasteiger partial charge in [-0.15, -0.1) is 0 Å². The van der Waals surface area contributed by atoms with Crippen molar-refractivity contribution in [2.45, 2.75) is 23.6 Å². The van der Waals surface area contributed by atoms with Gasteiger partial charge in [0.25, 0.3) is 15.9 Å². The maximum atomic E-state index is 13.0. The molecule has 1 aliphatic heterocycles.